The Kier molecular flexibility index (Phi) is 11.0. The van der Waals surface area contributed by atoms with Crippen molar-refractivity contribution < 1.29 is 0 Å². The van der Waals surface area contributed by atoms with Gasteiger partial charge in [0.15, 0.2) is 5.65 Å². The maximum atomic E-state index is 4.95. The summed E-state index contributed by atoms with van der Waals surface area (Å²) in [6, 6.07) is 77.4. The lowest BCUT2D eigenvalue weighted by molar-refractivity contribution is 1.05. The molecule has 1 aliphatic rings. The van der Waals surface area contributed by atoms with E-state index in [1.165, 1.54) is 90.3 Å². The number of hydrogen-bond acceptors (Lipinski definition) is 4. The van der Waals surface area contributed by atoms with Crippen LogP contribution >= 0.6 is 38.6 Å². The van der Waals surface area contributed by atoms with Gasteiger partial charge in [-0.15, -0.1) is 22.7 Å². The van der Waals surface area contributed by atoms with Gasteiger partial charge in [-0.25, -0.2) is 9.97 Å². The van der Waals surface area contributed by atoms with Crippen LogP contribution in [0.3, 0.4) is 0 Å². The predicted octanol–water partition coefficient (Wildman–Crippen LogP) is 17.5. The maximum Gasteiger partial charge on any atom is 0.150 e. The van der Waals surface area contributed by atoms with Crippen LogP contribution in [0, 0.1) is 0 Å². The van der Waals surface area contributed by atoms with Crippen molar-refractivity contribution in [2.24, 2.45) is 0 Å². The predicted molar refractivity (Wildman–Crippen MR) is 310 cm³/mol. The molecule has 339 valence electrons. The summed E-state index contributed by atoms with van der Waals surface area (Å²) >= 11 is 7.25. The first kappa shape index (κ1) is 43.9. The van der Waals surface area contributed by atoms with Crippen molar-refractivity contribution in [3.05, 3.63) is 247 Å². The molecule has 0 spiro atoms. The lowest BCUT2D eigenvalue weighted by Crippen LogP contribution is -1.97. The van der Waals surface area contributed by atoms with Gasteiger partial charge in [-0.1, -0.05) is 168 Å². The van der Waals surface area contributed by atoms with Crippen molar-refractivity contribution in [3.8, 4) is 39.2 Å². The van der Waals surface area contributed by atoms with Gasteiger partial charge in [-0.2, -0.15) is 0 Å². The molecule has 8 aromatic carbocycles. The highest BCUT2D eigenvalue weighted by atomic mass is 79.9. The molecular weight excluding hydrogens is 982 g/mol. The van der Waals surface area contributed by atoms with Gasteiger partial charge in [-0.3, -0.25) is 8.97 Å². The molecule has 7 aromatic heterocycles. The van der Waals surface area contributed by atoms with E-state index < -0.39 is 0 Å². The van der Waals surface area contributed by atoms with Crippen molar-refractivity contribution >= 4 is 121 Å². The Morgan fingerprint density at radius 2 is 0.944 bits per heavy atom. The van der Waals surface area contributed by atoms with Crippen LogP contribution in [0.15, 0.2) is 235 Å². The molecule has 15 aromatic rings. The standard InChI is InChI=1S/C31H19N3S.C18H11BrS.C14H10N2.B/c1-3-12-26-25(9-1)29-31(33-19-6-5-14-28(33)32-29)34(26)21-17-15-20(16-18-21)22-10-7-11-24-23-8-2-4-13-27(23)35-30(22)24;19-13-10-8-12(9-11-13)14-5-3-6-16-15-4-1-2-7-17(15)20-18(14)16;1-2-6-11-10(5-1)9-12-14(11)15-13-7-3-4-8-16(12)13;/h1-19H;1-11H;1-8H,9H2;. The van der Waals surface area contributed by atoms with Crippen molar-refractivity contribution in [1.29, 1.82) is 0 Å². The molecule has 5 nitrogen and oxygen atoms in total. The van der Waals surface area contributed by atoms with Gasteiger partial charge < -0.3 is 4.40 Å². The average Bonchev–Trinajstić information content (AvgIpc) is 4.29. The molecule has 0 atom stereocenters. The highest BCUT2D eigenvalue weighted by molar-refractivity contribution is 9.10. The normalized spacial score (nSPS) is 11.8. The van der Waals surface area contributed by atoms with Crippen LogP contribution in [-0.2, 0) is 6.42 Å². The third kappa shape index (κ3) is 7.26. The lowest BCUT2D eigenvalue weighted by atomic mass is 10.0. The Bertz CT molecular complexity index is 4520. The molecule has 3 radical (unpaired) electrons. The van der Waals surface area contributed by atoms with Crippen LogP contribution in [0.5, 0.6) is 0 Å². The van der Waals surface area contributed by atoms with E-state index in [9.17, 15) is 0 Å². The SMILES string of the molecule is Brc1ccc(-c2cccc3c2sc2ccccc23)cc1.[B].c1ccc2c(c1)Cc1c-2nc2ccccn12.c1ccc2c(c1)sc1c(-c3ccc(-n4c5ccccc5c5nc6ccccn6c54)cc3)cccc12. The number of hydrogen-bond donors (Lipinski definition) is 0. The number of benzene rings is 8. The minimum Gasteiger partial charge on any atom is -0.303 e. The molecule has 7 heterocycles. The molecule has 72 heavy (non-hydrogen) atoms. The van der Waals surface area contributed by atoms with Crippen molar-refractivity contribution in [1.82, 2.24) is 23.3 Å². The molecule has 9 heteroatoms. The number of thiophene rings is 2. The van der Waals surface area contributed by atoms with E-state index in [2.05, 4.69) is 248 Å². The summed E-state index contributed by atoms with van der Waals surface area (Å²) in [5.41, 5.74) is 16.7. The van der Waals surface area contributed by atoms with E-state index in [0.717, 1.165) is 44.7 Å². The minimum absolute atomic E-state index is 0. The zero-order valence-electron chi connectivity index (χ0n) is 38.7. The van der Waals surface area contributed by atoms with E-state index in [1.54, 1.807) is 0 Å². The topological polar surface area (TPSA) is 39.5 Å². The van der Waals surface area contributed by atoms with Crippen LogP contribution in [0.1, 0.15) is 11.3 Å². The van der Waals surface area contributed by atoms with Gasteiger partial charge >= 0.3 is 0 Å². The van der Waals surface area contributed by atoms with Crippen LogP contribution in [-0.4, -0.2) is 31.7 Å². The summed E-state index contributed by atoms with van der Waals surface area (Å²) in [4.78, 5) is 9.65. The van der Waals surface area contributed by atoms with Crippen molar-refractivity contribution in [2.75, 3.05) is 0 Å². The van der Waals surface area contributed by atoms with E-state index in [-0.39, 0.29) is 8.41 Å². The summed E-state index contributed by atoms with van der Waals surface area (Å²) in [5.74, 6) is 0. The van der Waals surface area contributed by atoms with Crippen molar-refractivity contribution in [2.45, 2.75) is 6.42 Å². The number of para-hydroxylation sites is 1. The summed E-state index contributed by atoms with van der Waals surface area (Å²) < 4.78 is 13.2. The largest absolute Gasteiger partial charge is 0.303 e. The molecule has 0 bridgehead atoms. The van der Waals surface area contributed by atoms with E-state index in [4.69, 9.17) is 9.97 Å². The summed E-state index contributed by atoms with van der Waals surface area (Å²) in [5, 5.41) is 6.54. The molecule has 0 saturated carbocycles. The Morgan fingerprint density at radius 3 is 1.61 bits per heavy atom. The van der Waals surface area contributed by atoms with E-state index in [0.29, 0.717) is 0 Å². The van der Waals surface area contributed by atoms with Gasteiger partial charge in [-0.05, 0) is 94.5 Å². The first-order chi connectivity index (χ1) is 35.1. The molecule has 0 saturated heterocycles. The van der Waals surface area contributed by atoms with Gasteiger partial charge in [0.25, 0.3) is 0 Å². The quantitative estimate of drug-likeness (QED) is 0.165. The molecule has 0 aliphatic heterocycles. The highest BCUT2D eigenvalue weighted by Crippen LogP contribution is 2.42. The maximum absolute atomic E-state index is 4.95. The third-order valence-corrected chi connectivity index (χ3v) is 16.7. The van der Waals surface area contributed by atoms with E-state index >= 15 is 0 Å². The minimum atomic E-state index is 0. The van der Waals surface area contributed by atoms with Crippen LogP contribution < -0.4 is 0 Å². The molecule has 1 aliphatic carbocycles. The number of pyridine rings is 2. The fourth-order valence-corrected chi connectivity index (χ4v) is 13.2. The zero-order valence-corrected chi connectivity index (χ0v) is 41.9. The van der Waals surface area contributed by atoms with Gasteiger partial charge in [0.2, 0.25) is 0 Å². The fourth-order valence-electron chi connectivity index (χ4n) is 10.5. The summed E-state index contributed by atoms with van der Waals surface area (Å²) in [6.45, 7) is 0. The molecule has 0 fully saturated rings. The number of halogens is 1. The third-order valence-electron chi connectivity index (χ3n) is 13.8. The fraction of sp³-hybridized carbons (Fsp3) is 0.0159. The second kappa shape index (κ2) is 18.0. The Balaban J connectivity index is 0.000000115. The Hall–Kier alpha value is -8.08. The first-order valence-electron chi connectivity index (χ1n) is 23.7. The highest BCUT2D eigenvalue weighted by Gasteiger charge is 2.23. The average molecular weight is 1020 g/mol. The molecule has 0 N–H and O–H groups in total. The van der Waals surface area contributed by atoms with Gasteiger partial charge in [0, 0.05) is 88.7 Å². The number of imidazole rings is 2. The van der Waals surface area contributed by atoms with Gasteiger partial charge in [0.1, 0.15) is 16.8 Å². The van der Waals surface area contributed by atoms with Crippen LogP contribution in [0.2, 0.25) is 0 Å². The Labute approximate surface area is 433 Å². The second-order valence-corrected chi connectivity index (χ2v) is 20.9. The number of aromatic nitrogens is 5. The van der Waals surface area contributed by atoms with Crippen LogP contribution in [0.4, 0.5) is 0 Å². The molecule has 0 amide bonds. The lowest BCUT2D eigenvalue weighted by Gasteiger charge is -2.10. The smallest absolute Gasteiger partial charge is 0.150 e. The summed E-state index contributed by atoms with van der Waals surface area (Å²) in [6.07, 6.45) is 5.18. The zero-order chi connectivity index (χ0) is 47.0. The van der Waals surface area contributed by atoms with Gasteiger partial charge in [0.05, 0.1) is 16.9 Å². The van der Waals surface area contributed by atoms with Crippen molar-refractivity contribution in [3.63, 3.8) is 0 Å². The molecule has 0 unspecified atom stereocenters. The second-order valence-electron chi connectivity index (χ2n) is 17.9. The van der Waals surface area contributed by atoms with E-state index in [1.807, 2.05) is 34.8 Å². The number of rotatable bonds is 3. The Morgan fingerprint density at radius 1 is 0.431 bits per heavy atom. The molecular formula is C63H40BBrN5S2. The first-order valence-corrected chi connectivity index (χ1v) is 26.1. The molecule has 16 rings (SSSR count). The summed E-state index contributed by atoms with van der Waals surface area (Å²) in [7, 11) is 0. The number of nitrogens with zero attached hydrogens (tertiary/aromatic N) is 5. The number of fused-ring (bicyclic) bond motifs is 16. The monoisotopic (exact) mass is 1020 g/mol. The van der Waals surface area contributed by atoms with Crippen LogP contribution in [0.25, 0.3) is 113 Å².